The van der Waals surface area contributed by atoms with Crippen LogP contribution in [0.1, 0.15) is 5.82 Å². The van der Waals surface area contributed by atoms with Crippen molar-refractivity contribution in [3.63, 3.8) is 0 Å². The number of aromatic amines is 1. The number of H-pyrrole nitrogens is 1. The molecule has 0 unspecified atom stereocenters. The van der Waals surface area contributed by atoms with Gasteiger partial charge in [-0.2, -0.15) is 4.98 Å². The Morgan fingerprint density at radius 3 is 2.60 bits per heavy atom. The second-order valence-electron chi connectivity index (χ2n) is 1.72. The summed E-state index contributed by atoms with van der Waals surface area (Å²) < 4.78 is 0.245. The van der Waals surface area contributed by atoms with Crippen LogP contribution in [0.4, 0.5) is 5.82 Å². The normalized spacial score (nSPS) is 9.80. The van der Waals surface area contributed by atoms with Crippen LogP contribution >= 0.6 is 15.9 Å². The van der Waals surface area contributed by atoms with Crippen molar-refractivity contribution in [2.45, 2.75) is 6.92 Å². The zero-order valence-electron chi connectivity index (χ0n) is 5.09. The maximum absolute atomic E-state index is 10.1. The Balaban J connectivity index is 3.15. The number of rotatable bonds is 1. The van der Waals surface area contributed by atoms with Crippen LogP contribution in [-0.4, -0.2) is 14.9 Å². The van der Waals surface area contributed by atoms with Gasteiger partial charge in [0.2, 0.25) is 4.60 Å². The van der Waals surface area contributed by atoms with E-state index in [9.17, 15) is 10.1 Å². The topological polar surface area (TPSA) is 71.8 Å². The predicted molar refractivity (Wildman–Crippen MR) is 37.7 cm³/mol. The number of halogens is 1. The van der Waals surface area contributed by atoms with Gasteiger partial charge in [-0.05, 0) is 20.9 Å². The lowest BCUT2D eigenvalue weighted by Gasteiger charge is -1.86. The van der Waals surface area contributed by atoms with Gasteiger partial charge in [0.05, 0.1) is 0 Å². The predicted octanol–water partition coefficient (Wildman–Crippen LogP) is 1.39. The summed E-state index contributed by atoms with van der Waals surface area (Å²) in [7, 11) is 0. The van der Waals surface area contributed by atoms with Gasteiger partial charge in [0, 0.05) is 6.92 Å². The number of hydrogen-bond donors (Lipinski definition) is 1. The van der Waals surface area contributed by atoms with E-state index >= 15 is 0 Å². The first-order valence-corrected chi connectivity index (χ1v) is 3.27. The van der Waals surface area contributed by atoms with Crippen LogP contribution in [0.15, 0.2) is 4.60 Å². The number of nitrogens with one attached hydrogen (secondary N) is 1. The molecule has 6 heteroatoms. The molecule has 0 bridgehead atoms. The SMILES string of the molecule is Cc1nc(Br)c([N+](=O)[O-])[nH]1. The molecular weight excluding hydrogens is 202 g/mol. The Kier molecular flexibility index (Phi) is 1.71. The molecule has 0 radical (unpaired) electrons. The molecule has 1 N–H and O–H groups in total. The Morgan fingerprint density at radius 2 is 2.40 bits per heavy atom. The molecule has 0 aliphatic rings. The van der Waals surface area contributed by atoms with E-state index in [1.54, 1.807) is 6.92 Å². The fraction of sp³-hybridized carbons (Fsp3) is 0.250. The maximum Gasteiger partial charge on any atom is 0.355 e. The molecule has 1 aromatic heterocycles. The van der Waals surface area contributed by atoms with Crippen molar-refractivity contribution in [2.75, 3.05) is 0 Å². The van der Waals surface area contributed by atoms with Crippen LogP contribution in [0.3, 0.4) is 0 Å². The van der Waals surface area contributed by atoms with Crippen LogP contribution in [0, 0.1) is 17.0 Å². The average molecular weight is 206 g/mol. The molecule has 0 aliphatic carbocycles. The fourth-order valence-electron chi connectivity index (χ4n) is 0.572. The summed E-state index contributed by atoms with van der Waals surface area (Å²) >= 11 is 2.93. The number of imidazole rings is 1. The van der Waals surface area contributed by atoms with Crippen molar-refractivity contribution in [1.29, 1.82) is 0 Å². The number of aryl methyl sites for hydroxylation is 1. The minimum atomic E-state index is -0.524. The molecule has 0 amide bonds. The van der Waals surface area contributed by atoms with Crippen molar-refractivity contribution in [3.8, 4) is 0 Å². The molecule has 0 fully saturated rings. The largest absolute Gasteiger partial charge is 0.358 e. The highest BCUT2D eigenvalue weighted by molar-refractivity contribution is 9.10. The number of hydrogen-bond acceptors (Lipinski definition) is 3. The van der Waals surface area contributed by atoms with E-state index in [0.29, 0.717) is 5.82 Å². The van der Waals surface area contributed by atoms with E-state index < -0.39 is 4.92 Å². The van der Waals surface area contributed by atoms with Crippen molar-refractivity contribution < 1.29 is 4.92 Å². The molecule has 5 nitrogen and oxygen atoms in total. The van der Waals surface area contributed by atoms with Gasteiger partial charge in [0.1, 0.15) is 0 Å². The molecule has 0 saturated carbocycles. The lowest BCUT2D eigenvalue weighted by Crippen LogP contribution is -1.87. The van der Waals surface area contributed by atoms with E-state index in [1.807, 2.05) is 0 Å². The summed E-state index contributed by atoms with van der Waals surface area (Å²) in [6, 6.07) is 0. The average Bonchev–Trinajstić information content (AvgIpc) is 2.10. The Bertz CT molecular complexity index is 269. The van der Waals surface area contributed by atoms with E-state index in [1.165, 1.54) is 0 Å². The van der Waals surface area contributed by atoms with Crippen molar-refractivity contribution in [3.05, 3.63) is 20.5 Å². The molecule has 0 spiro atoms. The van der Waals surface area contributed by atoms with Gasteiger partial charge in [-0.1, -0.05) is 0 Å². The molecule has 1 heterocycles. The summed E-state index contributed by atoms with van der Waals surface area (Å²) in [4.78, 5) is 15.9. The molecule has 0 aliphatic heterocycles. The fourth-order valence-corrected chi connectivity index (χ4v) is 1.08. The number of aromatic nitrogens is 2. The van der Waals surface area contributed by atoms with E-state index in [0.717, 1.165) is 0 Å². The third-order valence-corrected chi connectivity index (χ3v) is 1.50. The second-order valence-corrected chi connectivity index (χ2v) is 2.47. The van der Waals surface area contributed by atoms with E-state index in [4.69, 9.17) is 0 Å². The summed E-state index contributed by atoms with van der Waals surface area (Å²) in [6.07, 6.45) is 0. The molecule has 0 atom stereocenters. The highest BCUT2D eigenvalue weighted by atomic mass is 79.9. The van der Waals surface area contributed by atoms with Crippen molar-refractivity contribution >= 4 is 21.7 Å². The highest BCUT2D eigenvalue weighted by Gasteiger charge is 2.14. The van der Waals surface area contributed by atoms with Crippen molar-refractivity contribution in [1.82, 2.24) is 9.97 Å². The Morgan fingerprint density at radius 1 is 1.80 bits per heavy atom. The molecule has 0 aromatic carbocycles. The van der Waals surface area contributed by atoms with Crippen LogP contribution in [0.2, 0.25) is 0 Å². The van der Waals surface area contributed by atoms with Gasteiger partial charge >= 0.3 is 5.82 Å². The van der Waals surface area contributed by atoms with Crippen LogP contribution in [-0.2, 0) is 0 Å². The summed E-state index contributed by atoms with van der Waals surface area (Å²) in [6.45, 7) is 1.65. The standard InChI is InChI=1S/C4H4BrN3O2/c1-2-6-3(5)4(7-2)8(9)10/h1H3,(H,6,7). The van der Waals surface area contributed by atoms with Crippen LogP contribution < -0.4 is 0 Å². The van der Waals surface area contributed by atoms with Gasteiger partial charge in [0.25, 0.3) is 0 Å². The highest BCUT2D eigenvalue weighted by Crippen LogP contribution is 2.20. The first kappa shape index (κ1) is 7.20. The van der Waals surface area contributed by atoms with Gasteiger partial charge in [0.15, 0.2) is 5.82 Å². The minimum absolute atomic E-state index is 0.0995. The maximum atomic E-state index is 10.1. The first-order chi connectivity index (χ1) is 4.61. The lowest BCUT2D eigenvalue weighted by atomic mass is 10.7. The molecule has 1 rings (SSSR count). The Hall–Kier alpha value is -0.910. The van der Waals surface area contributed by atoms with Gasteiger partial charge < -0.3 is 10.1 Å². The summed E-state index contributed by atoms with van der Waals surface area (Å²) in [5, 5.41) is 10.1. The smallest absolute Gasteiger partial charge is 0.355 e. The quantitative estimate of drug-likeness (QED) is 0.557. The molecule has 1 aromatic rings. The van der Waals surface area contributed by atoms with Gasteiger partial charge in [-0.15, -0.1) is 0 Å². The number of nitrogens with zero attached hydrogens (tertiary/aromatic N) is 2. The van der Waals surface area contributed by atoms with E-state index in [2.05, 4.69) is 25.9 Å². The van der Waals surface area contributed by atoms with Crippen LogP contribution in [0.5, 0.6) is 0 Å². The second kappa shape index (κ2) is 2.37. The third kappa shape index (κ3) is 1.15. The molecule has 0 saturated heterocycles. The van der Waals surface area contributed by atoms with Crippen LogP contribution in [0.25, 0.3) is 0 Å². The number of nitro groups is 1. The van der Waals surface area contributed by atoms with Gasteiger partial charge in [-0.3, -0.25) is 0 Å². The molecular formula is C4H4BrN3O2. The zero-order chi connectivity index (χ0) is 7.72. The van der Waals surface area contributed by atoms with Crippen molar-refractivity contribution in [2.24, 2.45) is 0 Å². The van der Waals surface area contributed by atoms with E-state index in [-0.39, 0.29) is 10.4 Å². The Labute approximate surface area is 64.7 Å². The monoisotopic (exact) mass is 205 g/mol. The summed E-state index contributed by atoms with van der Waals surface area (Å²) in [5.74, 6) is 0.427. The van der Waals surface area contributed by atoms with Gasteiger partial charge in [-0.25, -0.2) is 4.98 Å². The third-order valence-electron chi connectivity index (χ3n) is 0.943. The molecule has 10 heavy (non-hydrogen) atoms. The lowest BCUT2D eigenvalue weighted by molar-refractivity contribution is -0.390. The summed E-state index contributed by atoms with van der Waals surface area (Å²) in [5.41, 5.74) is 0. The molecule has 54 valence electrons. The zero-order valence-corrected chi connectivity index (χ0v) is 6.67. The first-order valence-electron chi connectivity index (χ1n) is 2.47. The minimum Gasteiger partial charge on any atom is -0.358 e.